The van der Waals surface area contributed by atoms with Crippen molar-refractivity contribution < 1.29 is 17.9 Å². The van der Waals surface area contributed by atoms with Gasteiger partial charge in [0.1, 0.15) is 11.4 Å². The molecule has 2 heterocycles. The number of para-hydroxylation sites is 1. The molecule has 1 N–H and O–H groups in total. The van der Waals surface area contributed by atoms with Gasteiger partial charge < -0.3 is 10.1 Å². The maximum absolute atomic E-state index is 13.2. The zero-order valence-electron chi connectivity index (χ0n) is 18.1. The fourth-order valence-electron chi connectivity index (χ4n) is 4.55. The van der Waals surface area contributed by atoms with Crippen LogP contribution in [0.4, 0.5) is 5.69 Å². The molecule has 1 fully saturated rings. The Hall–Kier alpha value is -2.54. The molecule has 0 spiro atoms. The zero-order chi connectivity index (χ0) is 22.1. The zero-order valence-corrected chi connectivity index (χ0v) is 19.0. The minimum atomic E-state index is -3.32. The van der Waals surface area contributed by atoms with Gasteiger partial charge in [-0.2, -0.15) is 0 Å². The highest BCUT2D eigenvalue weighted by Crippen LogP contribution is 2.42. The number of hydrogen-bond donors (Lipinski definition) is 1. The van der Waals surface area contributed by atoms with E-state index in [0.717, 1.165) is 30.6 Å². The quantitative estimate of drug-likeness (QED) is 0.743. The van der Waals surface area contributed by atoms with Gasteiger partial charge in [0, 0.05) is 24.1 Å². The first-order chi connectivity index (χ1) is 14.9. The molecule has 1 saturated heterocycles. The van der Waals surface area contributed by atoms with Crippen LogP contribution in [0.3, 0.4) is 0 Å². The van der Waals surface area contributed by atoms with E-state index in [9.17, 15) is 13.2 Å². The van der Waals surface area contributed by atoms with Gasteiger partial charge in [0.2, 0.25) is 10.0 Å². The average molecular weight is 443 g/mol. The molecule has 2 aliphatic rings. The van der Waals surface area contributed by atoms with E-state index < -0.39 is 10.0 Å². The van der Waals surface area contributed by atoms with E-state index in [-0.39, 0.29) is 23.3 Å². The monoisotopic (exact) mass is 442 g/mol. The summed E-state index contributed by atoms with van der Waals surface area (Å²) in [5.41, 5.74) is 1.68. The number of sulfonamides is 1. The van der Waals surface area contributed by atoms with Crippen LogP contribution in [0.1, 0.15) is 67.9 Å². The molecule has 0 unspecified atom stereocenters. The number of hydrogen-bond acceptors (Lipinski definition) is 4. The fraction of sp³-hybridized carbons (Fsp3) is 0.458. The van der Waals surface area contributed by atoms with Gasteiger partial charge >= 0.3 is 0 Å². The summed E-state index contributed by atoms with van der Waals surface area (Å²) in [6.07, 6.45) is 3.91. The van der Waals surface area contributed by atoms with Gasteiger partial charge in [-0.05, 0) is 49.9 Å². The molecule has 0 bridgehead atoms. The van der Waals surface area contributed by atoms with Gasteiger partial charge in [-0.1, -0.05) is 38.1 Å². The maximum Gasteiger partial charge on any atom is 0.251 e. The van der Waals surface area contributed by atoms with Crippen LogP contribution >= 0.6 is 0 Å². The van der Waals surface area contributed by atoms with E-state index in [1.165, 1.54) is 4.31 Å². The van der Waals surface area contributed by atoms with Crippen LogP contribution < -0.4 is 14.4 Å². The molecule has 1 amide bonds. The predicted molar refractivity (Wildman–Crippen MR) is 122 cm³/mol. The lowest BCUT2D eigenvalue weighted by molar-refractivity contribution is 0.0227. The van der Waals surface area contributed by atoms with E-state index >= 15 is 0 Å². The molecule has 31 heavy (non-hydrogen) atoms. The van der Waals surface area contributed by atoms with Crippen LogP contribution in [0.2, 0.25) is 0 Å². The average Bonchev–Trinajstić information content (AvgIpc) is 2.78. The van der Waals surface area contributed by atoms with Crippen molar-refractivity contribution >= 4 is 21.6 Å². The lowest BCUT2D eigenvalue weighted by Crippen LogP contribution is -2.44. The molecule has 0 saturated carbocycles. The third-order valence-electron chi connectivity index (χ3n) is 6.54. The predicted octanol–water partition coefficient (Wildman–Crippen LogP) is 4.43. The van der Waals surface area contributed by atoms with E-state index in [1.54, 1.807) is 24.3 Å². The molecule has 2 aromatic rings. The Bertz CT molecular complexity index is 1060. The van der Waals surface area contributed by atoms with Gasteiger partial charge in [-0.25, -0.2) is 8.42 Å². The summed E-state index contributed by atoms with van der Waals surface area (Å²) >= 11 is 0. The minimum Gasteiger partial charge on any atom is -0.487 e. The molecule has 166 valence electrons. The van der Waals surface area contributed by atoms with Crippen molar-refractivity contribution in [2.24, 2.45) is 0 Å². The molecule has 0 radical (unpaired) electrons. The summed E-state index contributed by atoms with van der Waals surface area (Å²) in [5.74, 6) is 0.758. The summed E-state index contributed by atoms with van der Waals surface area (Å²) in [5, 5.41) is 3.18. The molecule has 2 aromatic carbocycles. The number of nitrogens with zero attached hydrogens (tertiary/aromatic N) is 1. The second-order valence-electron chi connectivity index (χ2n) is 8.41. The van der Waals surface area contributed by atoms with Gasteiger partial charge in [0.05, 0.1) is 17.5 Å². The van der Waals surface area contributed by atoms with Crippen molar-refractivity contribution in [2.45, 2.75) is 57.6 Å². The van der Waals surface area contributed by atoms with E-state index in [4.69, 9.17) is 4.74 Å². The summed E-state index contributed by atoms with van der Waals surface area (Å²) in [6, 6.07) is 14.6. The van der Waals surface area contributed by atoms with Crippen molar-refractivity contribution in [2.75, 3.05) is 16.6 Å². The first-order valence-electron chi connectivity index (χ1n) is 11.1. The largest absolute Gasteiger partial charge is 0.487 e. The number of rotatable bonds is 5. The highest BCUT2D eigenvalue weighted by Gasteiger charge is 2.39. The van der Waals surface area contributed by atoms with Crippen molar-refractivity contribution in [3.63, 3.8) is 0 Å². The highest BCUT2D eigenvalue weighted by molar-refractivity contribution is 7.92. The number of ether oxygens (including phenoxy) is 1. The molecule has 4 rings (SSSR count). The Kier molecular flexibility index (Phi) is 5.97. The first-order valence-corrected chi connectivity index (χ1v) is 12.7. The summed E-state index contributed by atoms with van der Waals surface area (Å²) in [4.78, 5) is 13.2. The van der Waals surface area contributed by atoms with Crippen LogP contribution in [0.15, 0.2) is 48.5 Å². The number of anilines is 1. The molecule has 6 nitrogen and oxygen atoms in total. The van der Waals surface area contributed by atoms with E-state index in [1.807, 2.05) is 24.3 Å². The third kappa shape index (κ3) is 4.28. The number of carbonyl (C=O) groups excluding carboxylic acids is 1. The first kappa shape index (κ1) is 21.7. The van der Waals surface area contributed by atoms with Crippen molar-refractivity contribution in [1.29, 1.82) is 0 Å². The summed E-state index contributed by atoms with van der Waals surface area (Å²) in [6.45, 7) is 4.67. The number of fused-ring (bicyclic) bond motifs is 1. The number of benzene rings is 2. The maximum atomic E-state index is 13.2. The molecule has 2 aliphatic heterocycles. The molecule has 7 heteroatoms. The highest BCUT2D eigenvalue weighted by atomic mass is 32.2. The van der Waals surface area contributed by atoms with Crippen LogP contribution in [-0.2, 0) is 10.0 Å². The van der Waals surface area contributed by atoms with Crippen LogP contribution in [0.5, 0.6) is 5.75 Å². The van der Waals surface area contributed by atoms with Crippen LogP contribution in [0.25, 0.3) is 0 Å². The molecule has 1 atom stereocenters. The lowest BCUT2D eigenvalue weighted by atomic mass is 9.83. The van der Waals surface area contributed by atoms with Crippen molar-refractivity contribution in [3.8, 4) is 5.75 Å². The number of nitrogens with one attached hydrogen (secondary N) is 1. The van der Waals surface area contributed by atoms with Crippen LogP contribution in [-0.4, -0.2) is 32.2 Å². The Morgan fingerprint density at radius 1 is 1.13 bits per heavy atom. The normalized spacial score (nSPS) is 21.6. The molecule has 0 aliphatic carbocycles. The molecular weight excluding hydrogens is 412 g/mol. The van der Waals surface area contributed by atoms with Crippen molar-refractivity contribution in [3.05, 3.63) is 59.7 Å². The summed E-state index contributed by atoms with van der Waals surface area (Å²) in [7, 11) is -3.32. The Morgan fingerprint density at radius 2 is 1.90 bits per heavy atom. The standard InChI is InChI=1S/C24H30N2O4S/c1-3-24(4-2)17-21(20-12-5-6-13-22(20)30-24)25-23(27)18-10-9-11-19(16-18)26-14-7-8-15-31(26,28)29/h5-6,9-13,16,21H,3-4,7-8,14-15,17H2,1-2H3,(H,25,27)/t21-/m1/s1. The van der Waals surface area contributed by atoms with E-state index in [2.05, 4.69) is 19.2 Å². The van der Waals surface area contributed by atoms with Gasteiger partial charge in [0.25, 0.3) is 5.91 Å². The molecular formula is C24H30N2O4S. The van der Waals surface area contributed by atoms with Crippen molar-refractivity contribution in [1.82, 2.24) is 5.32 Å². The fourth-order valence-corrected chi connectivity index (χ4v) is 6.18. The smallest absolute Gasteiger partial charge is 0.251 e. The number of carbonyl (C=O) groups is 1. The topological polar surface area (TPSA) is 75.7 Å². The second-order valence-corrected chi connectivity index (χ2v) is 10.4. The number of amides is 1. The van der Waals surface area contributed by atoms with E-state index in [0.29, 0.717) is 30.6 Å². The van der Waals surface area contributed by atoms with Gasteiger partial charge in [-0.15, -0.1) is 0 Å². The summed E-state index contributed by atoms with van der Waals surface area (Å²) < 4.78 is 32.7. The Balaban J connectivity index is 1.60. The molecule has 0 aromatic heterocycles. The lowest BCUT2D eigenvalue weighted by Gasteiger charge is -2.41. The van der Waals surface area contributed by atoms with Gasteiger partial charge in [-0.3, -0.25) is 9.10 Å². The van der Waals surface area contributed by atoms with Crippen LogP contribution in [0, 0.1) is 0 Å². The Labute approximate surface area is 184 Å². The second kappa shape index (κ2) is 8.54. The van der Waals surface area contributed by atoms with Gasteiger partial charge in [0.15, 0.2) is 0 Å². The minimum absolute atomic E-state index is 0.151. The Morgan fingerprint density at radius 3 is 2.65 bits per heavy atom. The SMILES string of the molecule is CCC1(CC)C[C@@H](NC(=O)c2cccc(N3CCCCS3(=O)=O)c2)c2ccccc2O1. The third-order valence-corrected chi connectivity index (χ3v) is 8.41.